The summed E-state index contributed by atoms with van der Waals surface area (Å²) in [6, 6.07) is 7.52. The highest BCUT2D eigenvalue weighted by molar-refractivity contribution is 9.10. The van der Waals surface area contributed by atoms with E-state index in [4.69, 9.17) is 0 Å². The highest BCUT2D eigenvalue weighted by Gasteiger charge is 2.38. The molecule has 0 bridgehead atoms. The second-order valence-electron chi connectivity index (χ2n) is 4.76. The lowest BCUT2D eigenvalue weighted by Gasteiger charge is -2.07. The lowest BCUT2D eigenvalue weighted by Crippen LogP contribution is -2.15. The minimum absolute atomic E-state index is 0.0420. The van der Waals surface area contributed by atoms with Crippen molar-refractivity contribution in [3.63, 3.8) is 0 Å². The van der Waals surface area contributed by atoms with Crippen LogP contribution in [0.5, 0.6) is 0 Å². The predicted octanol–water partition coefficient (Wildman–Crippen LogP) is 3.78. The molecule has 1 N–H and O–H groups in total. The highest BCUT2D eigenvalue weighted by atomic mass is 79.9. The number of hydrogen-bond donors (Lipinski definition) is 1. The average molecular weight is 372 g/mol. The summed E-state index contributed by atoms with van der Waals surface area (Å²) in [6.45, 7) is 1.56. The van der Waals surface area contributed by atoms with Gasteiger partial charge in [0.1, 0.15) is 5.69 Å². The summed E-state index contributed by atoms with van der Waals surface area (Å²) in [4.78, 5) is 16.0. The van der Waals surface area contributed by atoms with Gasteiger partial charge in [0.05, 0.1) is 5.56 Å². The zero-order chi connectivity index (χ0) is 16.1. The molecule has 0 aliphatic carbocycles. The van der Waals surface area contributed by atoms with Gasteiger partial charge in [-0.25, -0.2) is 9.50 Å². The molecule has 8 heteroatoms. The summed E-state index contributed by atoms with van der Waals surface area (Å²) in [6.07, 6.45) is -4.63. The van der Waals surface area contributed by atoms with E-state index in [9.17, 15) is 18.0 Å². The molecular weight excluding hydrogens is 363 g/mol. The van der Waals surface area contributed by atoms with Crippen LogP contribution in [-0.4, -0.2) is 14.6 Å². The van der Waals surface area contributed by atoms with Crippen LogP contribution in [0, 0.1) is 6.92 Å². The molecule has 1 aromatic carbocycles. The SMILES string of the molecule is Cc1cc(=O)n2[nH]c(C(F)(F)F)c(-c3ccc(Br)cc3)c2n1. The van der Waals surface area contributed by atoms with E-state index in [2.05, 4.69) is 26.0 Å². The molecule has 2 aromatic heterocycles. The molecule has 0 saturated heterocycles. The third-order valence-electron chi connectivity index (χ3n) is 3.16. The Hall–Kier alpha value is -2.09. The first-order valence-electron chi connectivity index (χ1n) is 6.23. The van der Waals surface area contributed by atoms with Gasteiger partial charge in [-0.3, -0.25) is 9.89 Å². The number of fused-ring (bicyclic) bond motifs is 1. The van der Waals surface area contributed by atoms with E-state index in [-0.39, 0.29) is 11.2 Å². The molecule has 0 amide bonds. The molecule has 0 radical (unpaired) electrons. The zero-order valence-corrected chi connectivity index (χ0v) is 12.8. The molecule has 2 heterocycles. The normalized spacial score (nSPS) is 12.0. The van der Waals surface area contributed by atoms with Crippen molar-refractivity contribution in [3.8, 4) is 11.1 Å². The minimum Gasteiger partial charge on any atom is -0.284 e. The summed E-state index contributed by atoms with van der Waals surface area (Å²) < 4.78 is 41.5. The van der Waals surface area contributed by atoms with E-state index < -0.39 is 17.4 Å². The van der Waals surface area contributed by atoms with Crippen LogP contribution in [0.4, 0.5) is 13.2 Å². The monoisotopic (exact) mass is 371 g/mol. The quantitative estimate of drug-likeness (QED) is 0.707. The van der Waals surface area contributed by atoms with Crippen LogP contribution in [0.2, 0.25) is 0 Å². The number of nitrogens with one attached hydrogen (secondary N) is 1. The first kappa shape index (κ1) is 14.8. The van der Waals surface area contributed by atoms with E-state index in [1.165, 1.54) is 18.2 Å². The Morgan fingerprint density at radius 2 is 1.86 bits per heavy atom. The van der Waals surface area contributed by atoms with Crippen LogP contribution in [0.3, 0.4) is 0 Å². The lowest BCUT2D eigenvalue weighted by atomic mass is 10.1. The Morgan fingerprint density at radius 1 is 1.23 bits per heavy atom. The Bertz CT molecular complexity index is 910. The van der Waals surface area contributed by atoms with Crippen LogP contribution < -0.4 is 5.56 Å². The number of rotatable bonds is 1. The van der Waals surface area contributed by atoms with Crippen molar-refractivity contribution in [2.75, 3.05) is 0 Å². The Morgan fingerprint density at radius 3 is 2.45 bits per heavy atom. The van der Waals surface area contributed by atoms with Crippen LogP contribution in [0.15, 0.2) is 39.6 Å². The molecule has 0 fully saturated rings. The van der Waals surface area contributed by atoms with Gasteiger partial charge in [-0.1, -0.05) is 28.1 Å². The summed E-state index contributed by atoms with van der Waals surface area (Å²) in [5.74, 6) is 0. The number of aromatic nitrogens is 3. The maximum absolute atomic E-state index is 13.3. The molecule has 0 unspecified atom stereocenters. The Balaban J connectivity index is 2.44. The van der Waals surface area contributed by atoms with Crippen LogP contribution in [-0.2, 0) is 6.18 Å². The van der Waals surface area contributed by atoms with Crippen LogP contribution >= 0.6 is 15.9 Å². The molecule has 0 aliphatic heterocycles. The van der Waals surface area contributed by atoms with Crippen molar-refractivity contribution >= 4 is 21.6 Å². The smallest absolute Gasteiger partial charge is 0.284 e. The fourth-order valence-corrected chi connectivity index (χ4v) is 2.51. The Labute approximate surface area is 130 Å². The number of aromatic amines is 1. The summed E-state index contributed by atoms with van der Waals surface area (Å²) in [5, 5.41) is 2.12. The molecule has 22 heavy (non-hydrogen) atoms. The molecule has 3 rings (SSSR count). The third kappa shape index (κ3) is 2.43. The predicted molar refractivity (Wildman–Crippen MR) is 78.7 cm³/mol. The first-order chi connectivity index (χ1) is 10.3. The van der Waals surface area contributed by atoms with Crippen molar-refractivity contribution < 1.29 is 13.2 Å². The lowest BCUT2D eigenvalue weighted by molar-refractivity contribution is -0.140. The van der Waals surface area contributed by atoms with Gasteiger partial charge < -0.3 is 0 Å². The number of aryl methyl sites for hydroxylation is 1. The number of nitrogens with zero attached hydrogens (tertiary/aromatic N) is 2. The van der Waals surface area contributed by atoms with Crippen LogP contribution in [0.1, 0.15) is 11.4 Å². The minimum atomic E-state index is -4.63. The van der Waals surface area contributed by atoms with Crippen molar-refractivity contribution in [2.24, 2.45) is 0 Å². The van der Waals surface area contributed by atoms with Gasteiger partial charge in [-0.15, -0.1) is 0 Å². The van der Waals surface area contributed by atoms with E-state index in [0.29, 0.717) is 11.3 Å². The van der Waals surface area contributed by atoms with Gasteiger partial charge >= 0.3 is 6.18 Å². The third-order valence-corrected chi connectivity index (χ3v) is 3.69. The molecule has 114 valence electrons. The maximum atomic E-state index is 13.3. The fraction of sp³-hybridized carbons (Fsp3) is 0.143. The molecule has 0 saturated carbocycles. The van der Waals surface area contributed by atoms with E-state index in [1.54, 1.807) is 19.1 Å². The number of alkyl halides is 3. The van der Waals surface area contributed by atoms with Crippen molar-refractivity contribution in [3.05, 3.63) is 56.5 Å². The van der Waals surface area contributed by atoms with Gasteiger partial charge in [0.15, 0.2) is 5.65 Å². The van der Waals surface area contributed by atoms with Crippen molar-refractivity contribution in [1.29, 1.82) is 0 Å². The van der Waals surface area contributed by atoms with Gasteiger partial charge in [0.2, 0.25) is 0 Å². The zero-order valence-electron chi connectivity index (χ0n) is 11.2. The van der Waals surface area contributed by atoms with Gasteiger partial charge in [-0.2, -0.15) is 13.2 Å². The first-order valence-corrected chi connectivity index (χ1v) is 7.02. The molecule has 0 aliphatic rings. The molecule has 4 nitrogen and oxygen atoms in total. The summed E-state index contributed by atoms with van der Waals surface area (Å²) in [5.41, 5.74) is -1.08. The Kier molecular flexibility index (Phi) is 3.36. The van der Waals surface area contributed by atoms with Gasteiger partial charge in [-0.05, 0) is 24.6 Å². The molecule has 0 atom stereocenters. The average Bonchev–Trinajstić information content (AvgIpc) is 2.79. The second kappa shape index (κ2) is 4.98. The fourth-order valence-electron chi connectivity index (χ4n) is 2.25. The van der Waals surface area contributed by atoms with Crippen molar-refractivity contribution in [1.82, 2.24) is 14.6 Å². The second-order valence-corrected chi connectivity index (χ2v) is 5.68. The van der Waals surface area contributed by atoms with Crippen LogP contribution in [0.25, 0.3) is 16.8 Å². The highest BCUT2D eigenvalue weighted by Crippen LogP contribution is 2.38. The number of halogens is 4. The number of hydrogen-bond acceptors (Lipinski definition) is 2. The topological polar surface area (TPSA) is 50.2 Å². The largest absolute Gasteiger partial charge is 0.433 e. The van der Waals surface area contributed by atoms with Crippen molar-refractivity contribution in [2.45, 2.75) is 13.1 Å². The molecule has 0 spiro atoms. The molecular formula is C14H9BrF3N3O. The standard InChI is InChI=1S/C14H9BrF3N3O/c1-7-6-10(22)21-13(19-7)11(12(20-21)14(16,17)18)8-2-4-9(15)5-3-8/h2-6,20H,1H3. The van der Waals surface area contributed by atoms with E-state index >= 15 is 0 Å². The van der Waals surface area contributed by atoms with E-state index in [1.807, 2.05) is 0 Å². The van der Waals surface area contributed by atoms with Gasteiger partial charge in [0, 0.05) is 16.2 Å². The van der Waals surface area contributed by atoms with E-state index in [0.717, 1.165) is 8.99 Å². The number of H-pyrrole nitrogens is 1. The molecule has 3 aromatic rings. The number of benzene rings is 1. The summed E-state index contributed by atoms with van der Waals surface area (Å²) in [7, 11) is 0. The van der Waals surface area contributed by atoms with Gasteiger partial charge in [0.25, 0.3) is 5.56 Å². The maximum Gasteiger partial charge on any atom is 0.433 e. The summed E-state index contributed by atoms with van der Waals surface area (Å²) >= 11 is 3.24.